The van der Waals surface area contributed by atoms with E-state index in [1.165, 1.54) is 61.0 Å². The number of benzene rings is 1. The summed E-state index contributed by atoms with van der Waals surface area (Å²) < 4.78 is 1.33. The summed E-state index contributed by atoms with van der Waals surface area (Å²) in [5.41, 5.74) is 1.46. The topological polar surface area (TPSA) is 6.48 Å². The van der Waals surface area contributed by atoms with Crippen LogP contribution < -0.4 is 0 Å². The van der Waals surface area contributed by atoms with E-state index in [2.05, 4.69) is 56.7 Å². The van der Waals surface area contributed by atoms with Gasteiger partial charge in [-0.15, -0.1) is 0 Å². The average Bonchev–Trinajstić information content (AvgIpc) is 2.96. The van der Waals surface area contributed by atoms with Gasteiger partial charge in [0.1, 0.15) is 0 Å². The molecule has 2 saturated heterocycles. The smallest absolute Gasteiger partial charge is 0.0233 e. The third-order valence-corrected chi connectivity index (χ3v) is 5.25. The third-order valence-electron chi connectivity index (χ3n) is 4.53. The Morgan fingerprint density at radius 1 is 0.947 bits per heavy atom. The van der Waals surface area contributed by atoms with E-state index >= 15 is 0 Å². The van der Waals surface area contributed by atoms with E-state index in [4.69, 9.17) is 0 Å². The Balaban J connectivity index is 1.48. The fourth-order valence-electron chi connectivity index (χ4n) is 3.40. The Kier molecular flexibility index (Phi) is 4.77. The molecule has 2 nitrogen and oxygen atoms in total. The second-order valence-electron chi connectivity index (χ2n) is 5.88. The normalized spacial score (nSPS) is 23.0. The molecule has 104 valence electrons. The van der Waals surface area contributed by atoms with Gasteiger partial charge in [-0.25, -0.2) is 0 Å². The fourth-order valence-corrected chi connectivity index (χ4v) is 3.76. The fraction of sp³-hybridized carbons (Fsp3) is 0.625. The minimum Gasteiger partial charge on any atom is -0.300 e. The molecule has 0 bridgehead atoms. The van der Waals surface area contributed by atoms with Crippen LogP contribution in [0.4, 0.5) is 0 Å². The third kappa shape index (κ3) is 3.70. The van der Waals surface area contributed by atoms with Crippen molar-refractivity contribution in [1.29, 1.82) is 0 Å². The van der Waals surface area contributed by atoms with Gasteiger partial charge in [0.15, 0.2) is 0 Å². The van der Waals surface area contributed by atoms with Crippen molar-refractivity contribution >= 4 is 22.6 Å². The van der Waals surface area contributed by atoms with E-state index in [1.54, 1.807) is 0 Å². The van der Waals surface area contributed by atoms with Gasteiger partial charge in [-0.05, 0) is 92.1 Å². The first-order chi connectivity index (χ1) is 9.31. The van der Waals surface area contributed by atoms with Crippen molar-refractivity contribution in [3.05, 3.63) is 33.4 Å². The Labute approximate surface area is 130 Å². The highest BCUT2D eigenvalue weighted by Gasteiger charge is 2.26. The molecule has 3 rings (SSSR count). The first-order valence-electron chi connectivity index (χ1n) is 7.52. The van der Waals surface area contributed by atoms with Crippen molar-refractivity contribution in [1.82, 2.24) is 9.80 Å². The standard InChI is InChI=1S/C16H23IN2/c17-15-5-3-14(4-6-15)13-18-11-7-16(8-12-18)19-9-1-2-10-19/h3-6,16H,1-2,7-13H2. The van der Waals surface area contributed by atoms with Gasteiger partial charge in [-0.1, -0.05) is 12.1 Å². The highest BCUT2D eigenvalue weighted by Crippen LogP contribution is 2.22. The summed E-state index contributed by atoms with van der Waals surface area (Å²) in [6, 6.07) is 9.85. The Morgan fingerprint density at radius 3 is 2.21 bits per heavy atom. The maximum absolute atomic E-state index is 2.72. The summed E-state index contributed by atoms with van der Waals surface area (Å²) in [6.45, 7) is 6.37. The van der Waals surface area contributed by atoms with E-state index in [0.29, 0.717) is 0 Å². The van der Waals surface area contributed by atoms with Crippen LogP contribution in [-0.2, 0) is 6.54 Å². The van der Waals surface area contributed by atoms with E-state index in [-0.39, 0.29) is 0 Å². The van der Waals surface area contributed by atoms with Crippen LogP contribution in [0, 0.1) is 3.57 Å². The van der Waals surface area contributed by atoms with Crippen molar-refractivity contribution in [2.45, 2.75) is 38.3 Å². The predicted molar refractivity (Wildman–Crippen MR) is 88.3 cm³/mol. The molecular formula is C16H23IN2. The summed E-state index contributed by atoms with van der Waals surface area (Å²) in [4.78, 5) is 5.34. The molecule has 0 N–H and O–H groups in total. The number of piperidine rings is 1. The van der Waals surface area contributed by atoms with Crippen LogP contribution in [0.2, 0.25) is 0 Å². The van der Waals surface area contributed by atoms with Crippen LogP contribution in [0.25, 0.3) is 0 Å². The minimum atomic E-state index is 0.871. The highest BCUT2D eigenvalue weighted by atomic mass is 127. The van der Waals surface area contributed by atoms with Gasteiger partial charge in [-0.2, -0.15) is 0 Å². The monoisotopic (exact) mass is 370 g/mol. The van der Waals surface area contributed by atoms with Crippen molar-refractivity contribution < 1.29 is 0 Å². The minimum absolute atomic E-state index is 0.871. The molecule has 19 heavy (non-hydrogen) atoms. The lowest BCUT2D eigenvalue weighted by atomic mass is 10.0. The molecule has 0 aromatic heterocycles. The zero-order chi connectivity index (χ0) is 13.1. The molecule has 1 aromatic rings. The summed E-state index contributed by atoms with van der Waals surface area (Å²) in [5, 5.41) is 0. The van der Waals surface area contributed by atoms with Gasteiger partial charge in [0.2, 0.25) is 0 Å². The van der Waals surface area contributed by atoms with Crippen LogP contribution >= 0.6 is 22.6 Å². The lowest BCUT2D eigenvalue weighted by Gasteiger charge is -2.36. The van der Waals surface area contributed by atoms with Crippen molar-refractivity contribution in [3.63, 3.8) is 0 Å². The van der Waals surface area contributed by atoms with Crippen LogP contribution in [0.3, 0.4) is 0 Å². The van der Waals surface area contributed by atoms with Crippen LogP contribution in [-0.4, -0.2) is 42.0 Å². The SMILES string of the molecule is Ic1ccc(CN2CCC(N3CCCC3)CC2)cc1. The molecule has 2 heterocycles. The van der Waals surface area contributed by atoms with Crippen LogP contribution in [0.15, 0.2) is 24.3 Å². The maximum Gasteiger partial charge on any atom is 0.0233 e. The van der Waals surface area contributed by atoms with Gasteiger partial charge in [0.25, 0.3) is 0 Å². The number of halogens is 1. The second kappa shape index (κ2) is 6.55. The molecule has 1 aromatic carbocycles. The van der Waals surface area contributed by atoms with E-state index in [9.17, 15) is 0 Å². The highest BCUT2D eigenvalue weighted by molar-refractivity contribution is 14.1. The lowest BCUT2D eigenvalue weighted by molar-refractivity contribution is 0.122. The molecular weight excluding hydrogens is 347 g/mol. The maximum atomic E-state index is 2.72. The van der Waals surface area contributed by atoms with Gasteiger partial charge in [-0.3, -0.25) is 4.90 Å². The van der Waals surface area contributed by atoms with Crippen molar-refractivity contribution in [2.24, 2.45) is 0 Å². The van der Waals surface area contributed by atoms with Crippen molar-refractivity contribution in [3.8, 4) is 0 Å². The van der Waals surface area contributed by atoms with E-state index < -0.39 is 0 Å². The molecule has 2 fully saturated rings. The summed E-state index contributed by atoms with van der Waals surface area (Å²) in [5.74, 6) is 0. The Bertz CT molecular complexity index is 390. The predicted octanol–water partition coefficient (Wildman–Crippen LogP) is 3.35. The molecule has 3 heteroatoms. The number of hydrogen-bond donors (Lipinski definition) is 0. The summed E-state index contributed by atoms with van der Waals surface area (Å²) >= 11 is 2.37. The zero-order valence-corrected chi connectivity index (χ0v) is 13.7. The summed E-state index contributed by atoms with van der Waals surface area (Å²) in [6.07, 6.45) is 5.57. The largest absolute Gasteiger partial charge is 0.300 e. The quantitative estimate of drug-likeness (QED) is 0.753. The molecule has 0 atom stereocenters. The first kappa shape index (κ1) is 13.8. The zero-order valence-electron chi connectivity index (χ0n) is 11.5. The lowest BCUT2D eigenvalue weighted by Crippen LogP contribution is -2.43. The second-order valence-corrected chi connectivity index (χ2v) is 7.12. The molecule has 0 radical (unpaired) electrons. The molecule has 0 spiro atoms. The molecule has 2 aliphatic heterocycles. The van der Waals surface area contributed by atoms with Crippen molar-refractivity contribution in [2.75, 3.05) is 26.2 Å². The number of rotatable bonds is 3. The van der Waals surface area contributed by atoms with Gasteiger partial charge >= 0.3 is 0 Å². The number of nitrogens with zero attached hydrogens (tertiary/aromatic N) is 2. The van der Waals surface area contributed by atoms with E-state index in [0.717, 1.165) is 12.6 Å². The molecule has 0 saturated carbocycles. The van der Waals surface area contributed by atoms with E-state index in [1.807, 2.05) is 0 Å². The van der Waals surface area contributed by atoms with Gasteiger partial charge in [0.05, 0.1) is 0 Å². The van der Waals surface area contributed by atoms with Crippen LogP contribution in [0.5, 0.6) is 0 Å². The first-order valence-corrected chi connectivity index (χ1v) is 8.60. The Hall–Kier alpha value is -0.130. The van der Waals surface area contributed by atoms with Gasteiger partial charge in [0, 0.05) is 16.2 Å². The van der Waals surface area contributed by atoms with Gasteiger partial charge < -0.3 is 4.90 Å². The molecule has 2 aliphatic rings. The molecule has 0 amide bonds. The molecule has 0 aliphatic carbocycles. The summed E-state index contributed by atoms with van der Waals surface area (Å²) in [7, 11) is 0. The van der Waals surface area contributed by atoms with Crippen LogP contribution in [0.1, 0.15) is 31.2 Å². The Morgan fingerprint density at radius 2 is 1.58 bits per heavy atom. The molecule has 0 unspecified atom stereocenters. The number of likely N-dealkylation sites (tertiary alicyclic amines) is 2. The number of hydrogen-bond acceptors (Lipinski definition) is 2. The average molecular weight is 370 g/mol.